The minimum Gasteiger partial charge on any atom is -0.396 e. The Bertz CT molecular complexity index is 868. The lowest BCUT2D eigenvalue weighted by Gasteiger charge is -2.32. The summed E-state index contributed by atoms with van der Waals surface area (Å²) in [5.41, 5.74) is 5.16. The molecule has 0 saturated carbocycles. The number of oxime groups is 1. The van der Waals surface area contributed by atoms with E-state index in [-0.39, 0.29) is 18.8 Å². The highest BCUT2D eigenvalue weighted by Gasteiger charge is 2.29. The molecule has 1 fully saturated rings. The van der Waals surface area contributed by atoms with Crippen molar-refractivity contribution in [2.75, 3.05) is 13.2 Å². The van der Waals surface area contributed by atoms with Crippen LogP contribution in [0.4, 0.5) is 0 Å². The average Bonchev–Trinajstić information content (AvgIpc) is 2.78. The topological polar surface area (TPSA) is 71.3 Å². The fourth-order valence-corrected chi connectivity index (χ4v) is 4.09. The minimum absolute atomic E-state index is 0.0903. The van der Waals surface area contributed by atoms with E-state index in [1.165, 1.54) is 0 Å². The zero-order chi connectivity index (χ0) is 22.2. The largest absolute Gasteiger partial charge is 0.396 e. The van der Waals surface area contributed by atoms with E-state index >= 15 is 0 Å². The summed E-state index contributed by atoms with van der Waals surface area (Å²) in [6, 6.07) is 14.2. The van der Waals surface area contributed by atoms with Gasteiger partial charge in [-0.05, 0) is 48.1 Å². The van der Waals surface area contributed by atoms with E-state index in [9.17, 15) is 10.2 Å². The first-order valence-corrected chi connectivity index (χ1v) is 11.4. The van der Waals surface area contributed by atoms with Crippen LogP contribution in [0, 0.1) is 0 Å². The molecule has 31 heavy (non-hydrogen) atoms. The van der Waals surface area contributed by atoms with Gasteiger partial charge >= 0.3 is 0 Å². The second kappa shape index (κ2) is 11.6. The Hall–Kier alpha value is -1.92. The molecule has 1 saturated heterocycles. The number of ether oxygens (including phenoxy) is 1. The number of aliphatic hydroxyl groups is 2. The number of nitrogens with zero attached hydrogens (tertiary/aromatic N) is 1. The molecule has 2 aromatic carbocycles. The molecular weight excluding hydrogens is 414 g/mol. The lowest BCUT2D eigenvalue weighted by Crippen LogP contribution is -2.33. The molecule has 1 heterocycles. The van der Waals surface area contributed by atoms with Gasteiger partial charge < -0.3 is 19.8 Å². The minimum atomic E-state index is -0.474. The van der Waals surface area contributed by atoms with E-state index < -0.39 is 6.10 Å². The summed E-state index contributed by atoms with van der Waals surface area (Å²) in [6.45, 7) is 4.52. The van der Waals surface area contributed by atoms with Crippen LogP contribution >= 0.6 is 11.6 Å². The molecule has 0 spiro atoms. The molecule has 0 aromatic heterocycles. The Morgan fingerprint density at radius 1 is 1.16 bits per heavy atom. The molecule has 0 amide bonds. The number of halogens is 1. The van der Waals surface area contributed by atoms with E-state index in [0.717, 1.165) is 40.8 Å². The first-order valence-electron chi connectivity index (χ1n) is 11.0. The van der Waals surface area contributed by atoms with Crippen molar-refractivity contribution in [1.29, 1.82) is 0 Å². The Morgan fingerprint density at radius 2 is 1.94 bits per heavy atom. The Morgan fingerprint density at radius 3 is 2.61 bits per heavy atom. The molecule has 3 atom stereocenters. The lowest BCUT2D eigenvalue weighted by atomic mass is 9.93. The van der Waals surface area contributed by atoms with Gasteiger partial charge in [-0.1, -0.05) is 66.5 Å². The second-order valence-electron chi connectivity index (χ2n) is 7.98. The van der Waals surface area contributed by atoms with Crippen molar-refractivity contribution in [2.45, 2.75) is 64.3 Å². The number of hydrogen-bond acceptors (Lipinski definition) is 5. The van der Waals surface area contributed by atoms with Crippen molar-refractivity contribution in [2.24, 2.45) is 5.16 Å². The van der Waals surface area contributed by atoms with Crippen molar-refractivity contribution >= 4 is 17.3 Å². The van der Waals surface area contributed by atoms with Crippen molar-refractivity contribution < 1.29 is 19.8 Å². The molecule has 6 heteroatoms. The molecule has 2 N–H and O–H groups in total. The molecule has 2 aromatic rings. The Balaban J connectivity index is 1.76. The first-order chi connectivity index (χ1) is 15.0. The van der Waals surface area contributed by atoms with Gasteiger partial charge in [-0.3, -0.25) is 0 Å². The quantitative estimate of drug-likeness (QED) is 0.418. The maximum absolute atomic E-state index is 10.1. The monoisotopic (exact) mass is 445 g/mol. The molecule has 168 valence electrons. The summed E-state index contributed by atoms with van der Waals surface area (Å²) >= 11 is 6.48. The number of aliphatic hydroxyl groups excluding tert-OH is 2. The van der Waals surface area contributed by atoms with Gasteiger partial charge in [0.1, 0.15) is 6.61 Å². The molecule has 3 rings (SSSR count). The molecule has 5 nitrogen and oxygen atoms in total. The van der Waals surface area contributed by atoms with Crippen LogP contribution in [-0.2, 0) is 16.0 Å². The van der Waals surface area contributed by atoms with Gasteiger partial charge in [0.15, 0.2) is 0 Å². The van der Waals surface area contributed by atoms with Gasteiger partial charge in [0, 0.05) is 17.9 Å². The van der Waals surface area contributed by atoms with Gasteiger partial charge in [-0.25, -0.2) is 0 Å². The molecule has 0 aliphatic carbocycles. The van der Waals surface area contributed by atoms with Crippen LogP contribution in [-0.4, -0.2) is 41.3 Å². The summed E-state index contributed by atoms with van der Waals surface area (Å²) in [5.74, 6) is 0. The summed E-state index contributed by atoms with van der Waals surface area (Å²) in [6.07, 6.45) is 2.50. The van der Waals surface area contributed by atoms with Crippen LogP contribution < -0.4 is 0 Å². The van der Waals surface area contributed by atoms with Gasteiger partial charge in [0.2, 0.25) is 0 Å². The Kier molecular flexibility index (Phi) is 8.90. The van der Waals surface area contributed by atoms with Crippen molar-refractivity contribution in [3.8, 4) is 0 Å². The van der Waals surface area contributed by atoms with E-state index in [1.807, 2.05) is 25.1 Å². The standard InChI is InChI=1S/C25H32ClNO4/c1-3-5-24(27-30-4-2)18-8-6-17(7-9-18)12-20-13-19(10-11-23(20)26)25-15-21(29)14-22(16-28)31-25/h6-11,13,21-22,25,28-29H,3-5,12,14-16H2,1-2H3/b27-24+. The normalized spacial score (nSPS) is 21.8. The highest BCUT2D eigenvalue weighted by molar-refractivity contribution is 6.31. The third kappa shape index (κ3) is 6.53. The van der Waals surface area contributed by atoms with Crippen molar-refractivity contribution in [3.63, 3.8) is 0 Å². The van der Waals surface area contributed by atoms with E-state index in [2.05, 4.69) is 36.3 Å². The fraction of sp³-hybridized carbons (Fsp3) is 0.480. The van der Waals surface area contributed by atoms with Gasteiger partial charge in [0.05, 0.1) is 30.6 Å². The predicted molar refractivity (Wildman–Crippen MR) is 124 cm³/mol. The highest BCUT2D eigenvalue weighted by Crippen LogP contribution is 2.33. The van der Waals surface area contributed by atoms with Crippen LogP contribution in [0.3, 0.4) is 0 Å². The summed E-state index contributed by atoms with van der Waals surface area (Å²) in [4.78, 5) is 5.26. The summed E-state index contributed by atoms with van der Waals surface area (Å²) < 4.78 is 5.96. The first kappa shape index (κ1) is 23.7. The molecule has 1 aliphatic rings. The number of hydrogen-bond donors (Lipinski definition) is 2. The second-order valence-corrected chi connectivity index (χ2v) is 8.39. The Labute approximate surface area is 189 Å². The van der Waals surface area contributed by atoms with Crippen LogP contribution in [0.1, 0.15) is 67.9 Å². The highest BCUT2D eigenvalue weighted by atomic mass is 35.5. The molecule has 1 aliphatic heterocycles. The van der Waals surface area contributed by atoms with Crippen LogP contribution in [0.2, 0.25) is 5.02 Å². The number of benzene rings is 2. The van der Waals surface area contributed by atoms with E-state index in [1.54, 1.807) is 0 Å². The van der Waals surface area contributed by atoms with Crippen LogP contribution in [0.25, 0.3) is 0 Å². The molecular formula is C25H32ClNO4. The van der Waals surface area contributed by atoms with Crippen molar-refractivity contribution in [1.82, 2.24) is 0 Å². The molecule has 3 unspecified atom stereocenters. The third-order valence-corrected chi connectivity index (χ3v) is 5.86. The zero-order valence-electron chi connectivity index (χ0n) is 18.3. The lowest BCUT2D eigenvalue weighted by molar-refractivity contribution is -0.113. The molecule has 0 bridgehead atoms. The van der Waals surface area contributed by atoms with E-state index in [0.29, 0.717) is 30.9 Å². The number of rotatable bonds is 9. The predicted octanol–water partition coefficient (Wildman–Crippen LogP) is 5.04. The summed E-state index contributed by atoms with van der Waals surface area (Å²) in [7, 11) is 0. The van der Waals surface area contributed by atoms with Gasteiger partial charge in [-0.15, -0.1) is 0 Å². The fourth-order valence-electron chi connectivity index (χ4n) is 3.91. The van der Waals surface area contributed by atoms with Gasteiger partial charge in [0.25, 0.3) is 0 Å². The third-order valence-electron chi connectivity index (χ3n) is 5.50. The van der Waals surface area contributed by atoms with Crippen molar-refractivity contribution in [3.05, 3.63) is 69.7 Å². The van der Waals surface area contributed by atoms with Crippen LogP contribution in [0.15, 0.2) is 47.6 Å². The average molecular weight is 446 g/mol. The smallest absolute Gasteiger partial charge is 0.114 e. The summed E-state index contributed by atoms with van der Waals surface area (Å²) in [5, 5.41) is 24.5. The zero-order valence-corrected chi connectivity index (χ0v) is 19.0. The van der Waals surface area contributed by atoms with Gasteiger partial charge in [-0.2, -0.15) is 0 Å². The van der Waals surface area contributed by atoms with E-state index in [4.69, 9.17) is 21.2 Å². The maximum Gasteiger partial charge on any atom is 0.114 e. The maximum atomic E-state index is 10.1. The molecule has 0 radical (unpaired) electrons. The SMILES string of the molecule is CCC/C(=N\OCC)c1ccc(Cc2cc(C3CC(O)CC(CO)O3)ccc2Cl)cc1. The van der Waals surface area contributed by atoms with Crippen LogP contribution in [0.5, 0.6) is 0 Å².